The third kappa shape index (κ3) is 2.97. The molecule has 7 nitrogen and oxygen atoms in total. The molecule has 0 spiro atoms. The average molecular weight is 284 g/mol. The fraction of sp³-hybridized carbons (Fsp3) is 0.286. The highest BCUT2D eigenvalue weighted by atomic mass is 16.5. The number of benzene rings is 1. The lowest BCUT2D eigenvalue weighted by Crippen LogP contribution is -2.09. The van der Waals surface area contributed by atoms with Crippen molar-refractivity contribution in [2.45, 2.75) is 6.54 Å². The van der Waals surface area contributed by atoms with Gasteiger partial charge in [0.15, 0.2) is 17.0 Å². The van der Waals surface area contributed by atoms with Gasteiger partial charge in [-0.1, -0.05) is 35.5 Å². The van der Waals surface area contributed by atoms with Crippen LogP contribution in [0.1, 0.15) is 5.56 Å². The van der Waals surface area contributed by atoms with E-state index in [0.717, 1.165) is 5.56 Å². The Balaban J connectivity index is 1.86. The summed E-state index contributed by atoms with van der Waals surface area (Å²) in [4.78, 5) is 8.49. The summed E-state index contributed by atoms with van der Waals surface area (Å²) in [6, 6.07) is 10.1. The summed E-state index contributed by atoms with van der Waals surface area (Å²) < 4.78 is 6.78. The van der Waals surface area contributed by atoms with E-state index in [4.69, 9.17) is 4.74 Å². The summed E-state index contributed by atoms with van der Waals surface area (Å²) in [7, 11) is 1.66. The molecule has 0 saturated carbocycles. The molecule has 0 amide bonds. The standard InChI is InChI=1S/C14H16N6O/c1-21-8-7-15-13-12-14(17-10-16-13)20(19-18-12)9-11-5-3-2-4-6-11/h2-6,10H,7-9H2,1H3,(H,15,16,17). The molecule has 0 aliphatic rings. The second-order valence-electron chi connectivity index (χ2n) is 4.55. The second-order valence-corrected chi connectivity index (χ2v) is 4.55. The van der Waals surface area contributed by atoms with E-state index in [1.807, 2.05) is 30.3 Å². The Morgan fingerprint density at radius 1 is 1.19 bits per heavy atom. The van der Waals surface area contributed by atoms with Crippen LogP contribution in [0.4, 0.5) is 5.82 Å². The van der Waals surface area contributed by atoms with Gasteiger partial charge in [-0.2, -0.15) is 0 Å². The first-order valence-corrected chi connectivity index (χ1v) is 6.69. The molecule has 0 bridgehead atoms. The molecule has 0 radical (unpaired) electrons. The van der Waals surface area contributed by atoms with Crippen LogP contribution in [0.3, 0.4) is 0 Å². The van der Waals surface area contributed by atoms with Gasteiger partial charge in [0.25, 0.3) is 0 Å². The van der Waals surface area contributed by atoms with E-state index in [1.54, 1.807) is 11.8 Å². The van der Waals surface area contributed by atoms with Crippen molar-refractivity contribution in [2.24, 2.45) is 0 Å². The number of fused-ring (bicyclic) bond motifs is 1. The molecular formula is C14H16N6O. The third-order valence-corrected chi connectivity index (χ3v) is 3.07. The first kappa shape index (κ1) is 13.4. The van der Waals surface area contributed by atoms with Crippen molar-refractivity contribution in [3.8, 4) is 0 Å². The fourth-order valence-corrected chi connectivity index (χ4v) is 2.06. The molecule has 0 aliphatic heterocycles. The molecular weight excluding hydrogens is 268 g/mol. The van der Waals surface area contributed by atoms with Crippen LogP contribution in [-0.4, -0.2) is 45.2 Å². The van der Waals surface area contributed by atoms with Crippen LogP contribution in [-0.2, 0) is 11.3 Å². The SMILES string of the molecule is COCCNc1ncnc2c1nnn2Cc1ccccc1. The number of anilines is 1. The van der Waals surface area contributed by atoms with E-state index in [1.165, 1.54) is 6.33 Å². The van der Waals surface area contributed by atoms with Crippen LogP contribution >= 0.6 is 0 Å². The molecule has 1 N–H and O–H groups in total. The number of hydrogen-bond donors (Lipinski definition) is 1. The molecule has 2 heterocycles. The van der Waals surface area contributed by atoms with E-state index >= 15 is 0 Å². The summed E-state index contributed by atoms with van der Waals surface area (Å²) in [5.74, 6) is 0.677. The first-order chi connectivity index (χ1) is 10.4. The lowest BCUT2D eigenvalue weighted by molar-refractivity contribution is 0.210. The average Bonchev–Trinajstić information content (AvgIpc) is 2.93. The number of ether oxygens (including phenoxy) is 1. The van der Waals surface area contributed by atoms with Gasteiger partial charge >= 0.3 is 0 Å². The van der Waals surface area contributed by atoms with E-state index in [2.05, 4.69) is 25.6 Å². The number of rotatable bonds is 6. The van der Waals surface area contributed by atoms with E-state index < -0.39 is 0 Å². The summed E-state index contributed by atoms with van der Waals surface area (Å²) in [6.07, 6.45) is 1.52. The molecule has 3 aromatic rings. The molecule has 0 atom stereocenters. The number of methoxy groups -OCH3 is 1. The van der Waals surface area contributed by atoms with E-state index in [0.29, 0.717) is 36.7 Å². The van der Waals surface area contributed by atoms with Gasteiger partial charge in [0.1, 0.15) is 6.33 Å². The van der Waals surface area contributed by atoms with Gasteiger partial charge in [-0.05, 0) is 5.56 Å². The highest BCUT2D eigenvalue weighted by Gasteiger charge is 2.11. The maximum atomic E-state index is 5.01. The van der Waals surface area contributed by atoms with Crippen LogP contribution in [0.25, 0.3) is 11.2 Å². The zero-order valence-corrected chi connectivity index (χ0v) is 11.7. The minimum Gasteiger partial charge on any atom is -0.383 e. The third-order valence-electron chi connectivity index (χ3n) is 3.07. The number of nitrogens with zero attached hydrogens (tertiary/aromatic N) is 5. The van der Waals surface area contributed by atoms with E-state index in [-0.39, 0.29) is 0 Å². The molecule has 3 rings (SSSR count). The molecule has 21 heavy (non-hydrogen) atoms. The molecule has 7 heteroatoms. The Morgan fingerprint density at radius 2 is 2.05 bits per heavy atom. The van der Waals surface area contributed by atoms with Crippen molar-refractivity contribution in [2.75, 3.05) is 25.6 Å². The van der Waals surface area contributed by atoms with Gasteiger partial charge in [0.05, 0.1) is 13.2 Å². The maximum absolute atomic E-state index is 5.01. The van der Waals surface area contributed by atoms with Gasteiger partial charge in [-0.3, -0.25) is 0 Å². The lowest BCUT2D eigenvalue weighted by Gasteiger charge is -2.05. The molecule has 0 aliphatic carbocycles. The summed E-state index contributed by atoms with van der Waals surface area (Å²) >= 11 is 0. The normalized spacial score (nSPS) is 10.9. The van der Waals surface area contributed by atoms with Crippen molar-refractivity contribution < 1.29 is 4.74 Å². The van der Waals surface area contributed by atoms with Crippen molar-refractivity contribution in [1.82, 2.24) is 25.0 Å². The van der Waals surface area contributed by atoms with Crippen LogP contribution in [0.5, 0.6) is 0 Å². The van der Waals surface area contributed by atoms with Gasteiger partial charge in [-0.25, -0.2) is 14.6 Å². The number of aromatic nitrogens is 5. The van der Waals surface area contributed by atoms with Gasteiger partial charge < -0.3 is 10.1 Å². The highest BCUT2D eigenvalue weighted by Crippen LogP contribution is 2.16. The van der Waals surface area contributed by atoms with Crippen LogP contribution in [0, 0.1) is 0 Å². The first-order valence-electron chi connectivity index (χ1n) is 6.69. The Kier molecular flexibility index (Phi) is 4.02. The second kappa shape index (κ2) is 6.27. The number of hydrogen-bond acceptors (Lipinski definition) is 6. The molecule has 0 fully saturated rings. The Morgan fingerprint density at radius 3 is 2.86 bits per heavy atom. The maximum Gasteiger partial charge on any atom is 0.184 e. The highest BCUT2D eigenvalue weighted by molar-refractivity contribution is 5.81. The largest absolute Gasteiger partial charge is 0.383 e. The minimum absolute atomic E-state index is 0.601. The quantitative estimate of drug-likeness (QED) is 0.688. The topological polar surface area (TPSA) is 77.8 Å². The Labute approximate surface area is 122 Å². The fourth-order valence-electron chi connectivity index (χ4n) is 2.06. The summed E-state index contributed by atoms with van der Waals surface area (Å²) in [6.45, 7) is 1.89. The van der Waals surface area contributed by atoms with Crippen molar-refractivity contribution in [1.29, 1.82) is 0 Å². The zero-order valence-electron chi connectivity index (χ0n) is 11.7. The van der Waals surface area contributed by atoms with E-state index in [9.17, 15) is 0 Å². The van der Waals surface area contributed by atoms with Gasteiger partial charge in [0.2, 0.25) is 0 Å². The lowest BCUT2D eigenvalue weighted by atomic mass is 10.2. The summed E-state index contributed by atoms with van der Waals surface area (Å²) in [5, 5.41) is 11.5. The summed E-state index contributed by atoms with van der Waals surface area (Å²) in [5.41, 5.74) is 2.54. The molecule has 1 aromatic carbocycles. The van der Waals surface area contributed by atoms with Crippen LogP contribution in [0.2, 0.25) is 0 Å². The smallest absolute Gasteiger partial charge is 0.184 e. The van der Waals surface area contributed by atoms with Gasteiger partial charge in [0, 0.05) is 13.7 Å². The molecule has 108 valence electrons. The molecule has 0 unspecified atom stereocenters. The monoisotopic (exact) mass is 284 g/mol. The molecule has 2 aromatic heterocycles. The van der Waals surface area contributed by atoms with Crippen molar-refractivity contribution in [3.05, 3.63) is 42.2 Å². The molecule has 0 saturated heterocycles. The zero-order chi connectivity index (χ0) is 14.5. The minimum atomic E-state index is 0.601. The van der Waals surface area contributed by atoms with Crippen LogP contribution < -0.4 is 5.32 Å². The Hall–Kier alpha value is -2.54. The predicted octanol–water partition coefficient (Wildman–Crippen LogP) is 1.33. The van der Waals surface area contributed by atoms with Gasteiger partial charge in [-0.15, -0.1) is 5.10 Å². The van der Waals surface area contributed by atoms with Crippen molar-refractivity contribution in [3.63, 3.8) is 0 Å². The van der Waals surface area contributed by atoms with Crippen LogP contribution in [0.15, 0.2) is 36.7 Å². The number of nitrogens with one attached hydrogen (secondary N) is 1. The van der Waals surface area contributed by atoms with Crippen molar-refractivity contribution >= 4 is 17.0 Å². The Bertz CT molecular complexity index is 712. The predicted molar refractivity (Wildman–Crippen MR) is 79.0 cm³/mol.